The maximum Gasteiger partial charge on any atom is 0.322 e. The van der Waals surface area contributed by atoms with Crippen molar-refractivity contribution in [3.05, 3.63) is 23.8 Å². The molecule has 3 amide bonds. The Labute approximate surface area is 146 Å². The Bertz CT molecular complexity index is 759. The number of nitrogens with zero attached hydrogens (tertiary/aromatic N) is 3. The molecule has 25 heavy (non-hydrogen) atoms. The lowest BCUT2D eigenvalue weighted by Gasteiger charge is -2.19. The highest BCUT2D eigenvalue weighted by atomic mass is 16.2. The first-order valence-corrected chi connectivity index (χ1v) is 8.37. The topological polar surface area (TPSA) is 86.2 Å². The van der Waals surface area contributed by atoms with Crippen LogP contribution in [0.2, 0.25) is 0 Å². The van der Waals surface area contributed by atoms with Gasteiger partial charge in [-0.2, -0.15) is 10.2 Å². The van der Waals surface area contributed by atoms with Crippen molar-refractivity contribution in [2.45, 2.75) is 38.3 Å². The zero-order valence-electron chi connectivity index (χ0n) is 14.2. The van der Waals surface area contributed by atoms with E-state index >= 15 is 0 Å². The molecule has 0 atom stereocenters. The molecule has 1 fully saturated rings. The van der Waals surface area contributed by atoms with Gasteiger partial charge in [-0.15, -0.1) is 12.3 Å². The van der Waals surface area contributed by atoms with Crippen molar-refractivity contribution in [1.29, 1.82) is 0 Å². The summed E-state index contributed by atoms with van der Waals surface area (Å²) in [6.07, 6.45) is 7.45. The lowest BCUT2D eigenvalue weighted by Crippen LogP contribution is -2.28. The summed E-state index contributed by atoms with van der Waals surface area (Å²) in [5, 5.41) is 13.8. The molecule has 0 bridgehead atoms. The number of hydrogen-bond donors (Lipinski definition) is 2. The number of urea groups is 1. The zero-order valence-corrected chi connectivity index (χ0v) is 14.2. The summed E-state index contributed by atoms with van der Waals surface area (Å²) in [6, 6.07) is 5.44. The molecule has 0 unspecified atom stereocenters. The molecule has 0 aliphatic carbocycles. The van der Waals surface area contributed by atoms with Gasteiger partial charge < -0.3 is 10.6 Å². The second-order valence-corrected chi connectivity index (χ2v) is 6.27. The number of benzene rings is 1. The first kappa shape index (κ1) is 17.0. The Morgan fingerprint density at radius 1 is 1.44 bits per heavy atom. The molecule has 130 valence electrons. The zero-order chi connectivity index (χ0) is 17.9. The molecule has 0 saturated carbocycles. The molecule has 2 N–H and O–H groups in total. The van der Waals surface area contributed by atoms with Crippen LogP contribution in [-0.4, -0.2) is 30.7 Å². The summed E-state index contributed by atoms with van der Waals surface area (Å²) in [6.45, 7) is 3.15. The van der Waals surface area contributed by atoms with Crippen LogP contribution in [0.4, 0.5) is 16.2 Å². The average molecular weight is 339 g/mol. The molecular formula is C18H21N5O2. The van der Waals surface area contributed by atoms with Crippen molar-refractivity contribution in [1.82, 2.24) is 5.32 Å². The first-order chi connectivity index (χ1) is 12.0. The summed E-state index contributed by atoms with van der Waals surface area (Å²) >= 11 is 0. The number of terminal acetylenes is 1. The van der Waals surface area contributed by atoms with E-state index < -0.39 is 5.66 Å². The van der Waals surface area contributed by atoms with E-state index in [0.29, 0.717) is 44.5 Å². The quantitative estimate of drug-likeness (QED) is 0.748. The molecular weight excluding hydrogens is 318 g/mol. The van der Waals surface area contributed by atoms with Crippen LogP contribution in [0.1, 0.15) is 31.2 Å². The van der Waals surface area contributed by atoms with Crippen LogP contribution in [0.5, 0.6) is 0 Å². The summed E-state index contributed by atoms with van der Waals surface area (Å²) in [7, 11) is 0. The van der Waals surface area contributed by atoms with Crippen molar-refractivity contribution < 1.29 is 9.59 Å². The fourth-order valence-corrected chi connectivity index (χ4v) is 2.95. The highest BCUT2D eigenvalue weighted by molar-refractivity contribution is 5.97. The monoisotopic (exact) mass is 339 g/mol. The lowest BCUT2D eigenvalue weighted by molar-refractivity contribution is -0.116. The Balaban J connectivity index is 1.60. The predicted molar refractivity (Wildman–Crippen MR) is 95.4 cm³/mol. The maximum atomic E-state index is 12.3. The smallest absolute Gasteiger partial charge is 0.322 e. The van der Waals surface area contributed by atoms with Crippen LogP contribution >= 0.6 is 0 Å². The van der Waals surface area contributed by atoms with E-state index in [2.05, 4.69) is 26.8 Å². The molecule has 2 heterocycles. The largest absolute Gasteiger partial charge is 0.336 e. The fourth-order valence-electron chi connectivity index (χ4n) is 2.95. The number of anilines is 2. The van der Waals surface area contributed by atoms with Gasteiger partial charge in [0.1, 0.15) is 0 Å². The SMILES string of the molecule is C#CCCC1(CCC(=O)Nc2cccc(N3CCNC3=O)c2C)N=N1. The number of rotatable bonds is 7. The van der Waals surface area contributed by atoms with E-state index in [0.717, 1.165) is 11.3 Å². The number of nitrogens with one attached hydrogen (secondary N) is 2. The number of hydrogen-bond acceptors (Lipinski definition) is 4. The van der Waals surface area contributed by atoms with Gasteiger partial charge in [0, 0.05) is 44.5 Å². The minimum Gasteiger partial charge on any atom is -0.336 e. The molecule has 1 aromatic rings. The molecule has 7 heteroatoms. The van der Waals surface area contributed by atoms with Crippen molar-refractivity contribution in [3.8, 4) is 12.3 Å². The highest BCUT2D eigenvalue weighted by Crippen LogP contribution is 2.37. The minimum atomic E-state index is -0.450. The normalized spacial score (nSPS) is 17.1. The van der Waals surface area contributed by atoms with Gasteiger partial charge >= 0.3 is 6.03 Å². The third-order valence-corrected chi connectivity index (χ3v) is 4.53. The third kappa shape index (κ3) is 3.79. The Morgan fingerprint density at radius 2 is 2.24 bits per heavy atom. The third-order valence-electron chi connectivity index (χ3n) is 4.53. The summed E-state index contributed by atoms with van der Waals surface area (Å²) < 4.78 is 0. The van der Waals surface area contributed by atoms with E-state index in [1.54, 1.807) is 4.90 Å². The van der Waals surface area contributed by atoms with E-state index in [1.807, 2.05) is 25.1 Å². The summed E-state index contributed by atoms with van der Waals surface area (Å²) in [5.41, 5.74) is 1.94. The molecule has 7 nitrogen and oxygen atoms in total. The lowest BCUT2D eigenvalue weighted by atomic mass is 10.0. The van der Waals surface area contributed by atoms with Crippen LogP contribution in [-0.2, 0) is 4.79 Å². The molecule has 0 aromatic heterocycles. The second kappa shape index (κ2) is 6.93. The Hall–Kier alpha value is -2.88. The van der Waals surface area contributed by atoms with Crippen molar-refractivity contribution in [2.75, 3.05) is 23.3 Å². The fraction of sp³-hybridized carbons (Fsp3) is 0.444. The van der Waals surface area contributed by atoms with Crippen molar-refractivity contribution in [2.24, 2.45) is 10.2 Å². The number of carbonyl (C=O) groups excluding carboxylic acids is 2. The second-order valence-electron chi connectivity index (χ2n) is 6.27. The van der Waals surface area contributed by atoms with E-state index in [1.165, 1.54) is 0 Å². The van der Waals surface area contributed by atoms with Crippen LogP contribution in [0.25, 0.3) is 0 Å². The molecule has 1 aromatic carbocycles. The maximum absolute atomic E-state index is 12.3. The van der Waals surface area contributed by atoms with Gasteiger partial charge in [0.05, 0.1) is 5.69 Å². The van der Waals surface area contributed by atoms with Crippen molar-refractivity contribution in [3.63, 3.8) is 0 Å². The van der Waals surface area contributed by atoms with Crippen LogP contribution in [0.15, 0.2) is 28.4 Å². The number of amides is 3. The van der Waals surface area contributed by atoms with E-state index in [4.69, 9.17) is 6.42 Å². The minimum absolute atomic E-state index is 0.0940. The first-order valence-electron chi connectivity index (χ1n) is 8.37. The van der Waals surface area contributed by atoms with Gasteiger partial charge in [0.15, 0.2) is 5.66 Å². The Morgan fingerprint density at radius 3 is 2.88 bits per heavy atom. The number of carbonyl (C=O) groups is 2. The van der Waals surface area contributed by atoms with Crippen LogP contribution < -0.4 is 15.5 Å². The molecule has 2 aliphatic rings. The van der Waals surface area contributed by atoms with Gasteiger partial charge in [-0.3, -0.25) is 9.69 Å². The van der Waals surface area contributed by atoms with Crippen LogP contribution in [0.3, 0.4) is 0 Å². The highest BCUT2D eigenvalue weighted by Gasteiger charge is 2.39. The summed E-state index contributed by atoms with van der Waals surface area (Å²) in [4.78, 5) is 25.8. The van der Waals surface area contributed by atoms with E-state index in [9.17, 15) is 9.59 Å². The molecule has 0 spiro atoms. The van der Waals surface area contributed by atoms with Gasteiger partial charge in [0.2, 0.25) is 5.91 Å². The molecule has 2 aliphatic heterocycles. The van der Waals surface area contributed by atoms with E-state index in [-0.39, 0.29) is 11.9 Å². The van der Waals surface area contributed by atoms with Crippen LogP contribution in [0, 0.1) is 19.3 Å². The molecule has 3 rings (SSSR count). The molecule has 0 radical (unpaired) electrons. The van der Waals surface area contributed by atoms with Gasteiger partial charge in [-0.1, -0.05) is 6.07 Å². The van der Waals surface area contributed by atoms with Gasteiger partial charge in [0.25, 0.3) is 0 Å². The van der Waals surface area contributed by atoms with Gasteiger partial charge in [-0.05, 0) is 24.6 Å². The summed E-state index contributed by atoms with van der Waals surface area (Å²) in [5.74, 6) is 2.48. The average Bonchev–Trinajstić information content (AvgIpc) is 3.26. The predicted octanol–water partition coefficient (Wildman–Crippen LogP) is 2.82. The Kier molecular flexibility index (Phi) is 4.70. The van der Waals surface area contributed by atoms with Crippen molar-refractivity contribution >= 4 is 23.3 Å². The molecule has 1 saturated heterocycles. The van der Waals surface area contributed by atoms with Gasteiger partial charge in [-0.25, -0.2) is 4.79 Å². The standard InChI is InChI=1S/C18H21N5O2/c1-3-4-9-18(21-22-18)10-8-16(24)20-14-6-5-7-15(13(14)2)23-12-11-19-17(23)25/h1,5-7H,4,8-12H2,2H3,(H,19,25)(H,20,24).